The van der Waals surface area contributed by atoms with Crippen molar-refractivity contribution in [2.24, 2.45) is 0 Å². The van der Waals surface area contributed by atoms with Gasteiger partial charge in [-0.3, -0.25) is 0 Å². The number of aryl methyl sites for hydroxylation is 2. The van der Waals surface area contributed by atoms with Crippen LogP contribution >= 0.6 is 12.2 Å². The van der Waals surface area contributed by atoms with Crippen molar-refractivity contribution in [3.8, 4) is 0 Å². The Kier molecular flexibility index (Phi) is 5.38. The van der Waals surface area contributed by atoms with Crippen molar-refractivity contribution in [1.82, 2.24) is 10.2 Å². The molecule has 1 atom stereocenters. The number of rotatable bonds is 3. The third kappa shape index (κ3) is 4.15. The van der Waals surface area contributed by atoms with E-state index >= 15 is 0 Å². The number of hydrogen-bond donors (Lipinski definition) is 1. The molecule has 1 unspecified atom stereocenters. The lowest BCUT2D eigenvalue weighted by Gasteiger charge is -2.38. The molecule has 5 heteroatoms. The van der Waals surface area contributed by atoms with Gasteiger partial charge in [-0.05, 0) is 56.1 Å². The SMILES string of the molecule is Cc1ccc(C)c(N2CCN(C(=S)NCC3CCCO3)CC2)c1. The van der Waals surface area contributed by atoms with Gasteiger partial charge in [0.15, 0.2) is 5.11 Å². The van der Waals surface area contributed by atoms with Gasteiger partial charge in [0.05, 0.1) is 6.10 Å². The maximum Gasteiger partial charge on any atom is 0.169 e. The highest BCUT2D eigenvalue weighted by Gasteiger charge is 2.21. The molecule has 2 fully saturated rings. The highest BCUT2D eigenvalue weighted by Crippen LogP contribution is 2.22. The van der Waals surface area contributed by atoms with Crippen molar-refractivity contribution in [2.75, 3.05) is 44.2 Å². The molecular formula is C18H27N3OS. The summed E-state index contributed by atoms with van der Waals surface area (Å²) in [4.78, 5) is 4.76. The molecule has 2 aliphatic rings. The van der Waals surface area contributed by atoms with Crippen molar-refractivity contribution in [2.45, 2.75) is 32.8 Å². The zero-order valence-electron chi connectivity index (χ0n) is 14.2. The predicted octanol–water partition coefficient (Wildman–Crippen LogP) is 2.48. The fourth-order valence-electron chi connectivity index (χ4n) is 3.33. The maximum absolute atomic E-state index is 5.64. The van der Waals surface area contributed by atoms with Gasteiger partial charge in [-0.1, -0.05) is 12.1 Å². The van der Waals surface area contributed by atoms with Crippen LogP contribution in [0.4, 0.5) is 5.69 Å². The minimum Gasteiger partial charge on any atom is -0.376 e. The molecule has 1 aromatic rings. The molecule has 2 heterocycles. The van der Waals surface area contributed by atoms with Crippen molar-refractivity contribution < 1.29 is 4.74 Å². The van der Waals surface area contributed by atoms with Crippen LogP contribution in [0, 0.1) is 13.8 Å². The molecule has 0 saturated carbocycles. The summed E-state index contributed by atoms with van der Waals surface area (Å²) in [6, 6.07) is 6.68. The van der Waals surface area contributed by atoms with Crippen LogP contribution < -0.4 is 10.2 Å². The standard InChI is InChI=1S/C18H27N3OS/c1-14-5-6-15(2)17(12-14)20-7-9-21(10-8-20)18(23)19-13-16-4-3-11-22-16/h5-6,12,16H,3-4,7-11,13H2,1-2H3,(H,19,23). The van der Waals surface area contributed by atoms with E-state index in [1.807, 2.05) is 0 Å². The minimum atomic E-state index is 0.337. The van der Waals surface area contributed by atoms with E-state index in [2.05, 4.69) is 47.2 Å². The number of thiocarbonyl (C=S) groups is 1. The van der Waals surface area contributed by atoms with Crippen LogP contribution in [0.5, 0.6) is 0 Å². The topological polar surface area (TPSA) is 27.7 Å². The van der Waals surface area contributed by atoms with E-state index in [-0.39, 0.29) is 0 Å². The molecule has 2 saturated heterocycles. The quantitative estimate of drug-likeness (QED) is 0.858. The number of anilines is 1. The van der Waals surface area contributed by atoms with Crippen LogP contribution in [0.2, 0.25) is 0 Å². The van der Waals surface area contributed by atoms with Crippen molar-refractivity contribution >= 4 is 23.0 Å². The first-order valence-corrected chi connectivity index (χ1v) is 9.01. The Morgan fingerprint density at radius 1 is 1.26 bits per heavy atom. The van der Waals surface area contributed by atoms with E-state index in [9.17, 15) is 0 Å². The van der Waals surface area contributed by atoms with E-state index in [0.29, 0.717) is 6.10 Å². The molecule has 1 aromatic carbocycles. The van der Waals surface area contributed by atoms with Gasteiger partial charge in [0.1, 0.15) is 0 Å². The summed E-state index contributed by atoms with van der Waals surface area (Å²) in [5, 5.41) is 4.26. The zero-order valence-corrected chi connectivity index (χ0v) is 15.0. The first-order chi connectivity index (χ1) is 11.1. The van der Waals surface area contributed by atoms with Gasteiger partial charge in [0.25, 0.3) is 0 Å². The monoisotopic (exact) mass is 333 g/mol. The highest BCUT2D eigenvalue weighted by molar-refractivity contribution is 7.80. The molecule has 2 aliphatic heterocycles. The van der Waals surface area contributed by atoms with Gasteiger partial charge in [-0.15, -0.1) is 0 Å². The predicted molar refractivity (Wildman–Crippen MR) is 99.3 cm³/mol. The Labute approximate surface area is 144 Å². The Morgan fingerprint density at radius 2 is 2.04 bits per heavy atom. The summed E-state index contributed by atoms with van der Waals surface area (Å²) in [6.45, 7) is 10.1. The van der Waals surface area contributed by atoms with Crippen molar-refractivity contribution in [1.29, 1.82) is 0 Å². The number of piperazine rings is 1. The molecule has 0 amide bonds. The Hall–Kier alpha value is -1.33. The smallest absolute Gasteiger partial charge is 0.169 e. The molecule has 0 bridgehead atoms. The number of benzene rings is 1. The number of ether oxygens (including phenoxy) is 1. The molecule has 0 aromatic heterocycles. The molecule has 0 spiro atoms. The normalized spacial score (nSPS) is 21.6. The summed E-state index contributed by atoms with van der Waals surface area (Å²) in [7, 11) is 0. The first-order valence-electron chi connectivity index (χ1n) is 8.60. The third-order valence-electron chi connectivity index (χ3n) is 4.78. The Bertz CT molecular complexity index is 549. The summed E-state index contributed by atoms with van der Waals surface area (Å²) >= 11 is 5.55. The van der Waals surface area contributed by atoms with Gasteiger partial charge in [-0.25, -0.2) is 0 Å². The first kappa shape index (κ1) is 16.5. The van der Waals surface area contributed by atoms with Crippen LogP contribution in [0.3, 0.4) is 0 Å². The fourth-order valence-corrected chi connectivity index (χ4v) is 3.59. The molecule has 126 valence electrons. The average Bonchev–Trinajstić information content (AvgIpc) is 3.08. The Morgan fingerprint density at radius 3 is 2.74 bits per heavy atom. The molecule has 3 rings (SSSR count). The van der Waals surface area contributed by atoms with Crippen LogP contribution in [-0.4, -0.2) is 55.4 Å². The summed E-state index contributed by atoms with van der Waals surface area (Å²) < 4.78 is 5.64. The van der Waals surface area contributed by atoms with Crippen LogP contribution in [0.25, 0.3) is 0 Å². The van der Waals surface area contributed by atoms with Gasteiger partial charge in [0.2, 0.25) is 0 Å². The second-order valence-electron chi connectivity index (χ2n) is 6.59. The van der Waals surface area contributed by atoms with E-state index < -0.39 is 0 Å². The van der Waals surface area contributed by atoms with Gasteiger partial charge in [-0.2, -0.15) is 0 Å². The summed E-state index contributed by atoms with van der Waals surface area (Å²) in [5.74, 6) is 0. The van der Waals surface area contributed by atoms with Crippen LogP contribution in [-0.2, 0) is 4.74 Å². The molecule has 0 aliphatic carbocycles. The molecule has 4 nitrogen and oxygen atoms in total. The molecule has 0 radical (unpaired) electrons. The van der Waals surface area contributed by atoms with Crippen LogP contribution in [0.15, 0.2) is 18.2 Å². The Balaban J connectivity index is 1.49. The maximum atomic E-state index is 5.64. The van der Waals surface area contributed by atoms with Gasteiger partial charge in [0, 0.05) is 45.0 Å². The lowest BCUT2D eigenvalue weighted by molar-refractivity contribution is 0.113. The number of nitrogens with one attached hydrogen (secondary N) is 1. The lowest BCUT2D eigenvalue weighted by atomic mass is 10.1. The fraction of sp³-hybridized carbons (Fsp3) is 0.611. The van der Waals surface area contributed by atoms with Crippen LogP contribution in [0.1, 0.15) is 24.0 Å². The van der Waals surface area contributed by atoms with Gasteiger partial charge >= 0.3 is 0 Å². The second-order valence-corrected chi connectivity index (χ2v) is 6.97. The molecule has 1 N–H and O–H groups in total. The van der Waals surface area contributed by atoms with Gasteiger partial charge < -0.3 is 19.9 Å². The van der Waals surface area contributed by atoms with E-state index in [1.165, 1.54) is 23.2 Å². The molecular weight excluding hydrogens is 306 g/mol. The minimum absolute atomic E-state index is 0.337. The van der Waals surface area contributed by atoms with Crippen molar-refractivity contribution in [3.63, 3.8) is 0 Å². The average molecular weight is 334 g/mol. The summed E-state index contributed by atoms with van der Waals surface area (Å²) in [6.07, 6.45) is 2.66. The van der Waals surface area contributed by atoms with E-state index in [0.717, 1.165) is 50.9 Å². The largest absolute Gasteiger partial charge is 0.376 e. The number of nitrogens with zero attached hydrogens (tertiary/aromatic N) is 2. The molecule has 23 heavy (non-hydrogen) atoms. The zero-order chi connectivity index (χ0) is 16.2. The number of hydrogen-bond acceptors (Lipinski definition) is 3. The van der Waals surface area contributed by atoms with E-state index in [4.69, 9.17) is 17.0 Å². The third-order valence-corrected chi connectivity index (χ3v) is 5.18. The second kappa shape index (κ2) is 7.49. The van der Waals surface area contributed by atoms with E-state index in [1.54, 1.807) is 0 Å². The lowest BCUT2D eigenvalue weighted by Crippen LogP contribution is -2.52. The van der Waals surface area contributed by atoms with Crippen molar-refractivity contribution in [3.05, 3.63) is 29.3 Å². The highest BCUT2D eigenvalue weighted by atomic mass is 32.1. The summed E-state index contributed by atoms with van der Waals surface area (Å²) in [5.41, 5.74) is 4.03.